The summed E-state index contributed by atoms with van der Waals surface area (Å²) in [6.45, 7) is 7.26. The van der Waals surface area contributed by atoms with Crippen LogP contribution in [-0.2, 0) is 0 Å². The van der Waals surface area contributed by atoms with E-state index in [1.807, 2.05) is 12.1 Å². The summed E-state index contributed by atoms with van der Waals surface area (Å²) in [6.07, 6.45) is 9.89. The Morgan fingerprint density at radius 1 is 0.815 bits per heavy atom. The second-order valence-electron chi connectivity index (χ2n) is 7.84. The minimum atomic E-state index is -2.35. The molecule has 1 aromatic rings. The summed E-state index contributed by atoms with van der Waals surface area (Å²) >= 11 is -2.35. The SMILES string of the molecule is CCC[CH2][Sn](/[CH]=C/CN1C(=O)c2ccccc2C1=O)([CH2]CCC)[CH2]CCC. The number of amides is 2. The molecule has 0 spiro atoms. The molecule has 1 heterocycles. The number of carbonyl (C=O) groups is 2. The van der Waals surface area contributed by atoms with Crippen molar-refractivity contribution >= 4 is 30.2 Å². The molecule has 0 atom stereocenters. The Balaban J connectivity index is 2.12. The van der Waals surface area contributed by atoms with Crippen molar-refractivity contribution in [3.8, 4) is 0 Å². The van der Waals surface area contributed by atoms with Crippen LogP contribution in [0.4, 0.5) is 0 Å². The van der Waals surface area contributed by atoms with Crippen molar-refractivity contribution < 1.29 is 9.59 Å². The maximum absolute atomic E-state index is 12.6. The van der Waals surface area contributed by atoms with Gasteiger partial charge in [0.2, 0.25) is 0 Å². The molecule has 1 aliphatic heterocycles. The number of rotatable bonds is 12. The van der Waals surface area contributed by atoms with Gasteiger partial charge in [-0.25, -0.2) is 0 Å². The third-order valence-corrected chi connectivity index (χ3v) is 20.0. The molecule has 148 valence electrons. The second-order valence-corrected chi connectivity index (χ2v) is 20.9. The monoisotopic (exact) mass is 477 g/mol. The predicted molar refractivity (Wildman–Crippen MR) is 116 cm³/mol. The number of unbranched alkanes of at least 4 members (excludes halogenated alkanes) is 3. The molecule has 1 aromatic carbocycles. The summed E-state index contributed by atoms with van der Waals surface area (Å²) in [5.74, 6) is -0.284. The first-order valence-electron chi connectivity index (χ1n) is 10.7. The molecule has 0 N–H and O–H groups in total. The Hall–Kier alpha value is -1.10. The van der Waals surface area contributed by atoms with Crippen LogP contribution in [0.3, 0.4) is 0 Å². The first-order chi connectivity index (χ1) is 13.1. The number of fused-ring (bicyclic) bond motifs is 1. The average Bonchev–Trinajstić information content (AvgIpc) is 2.94. The van der Waals surface area contributed by atoms with E-state index in [1.165, 1.54) is 56.7 Å². The first kappa shape index (κ1) is 22.2. The maximum atomic E-state index is 12.6. The fourth-order valence-corrected chi connectivity index (χ4v) is 18.4. The molecule has 0 fully saturated rings. The van der Waals surface area contributed by atoms with E-state index in [0.29, 0.717) is 17.7 Å². The molecule has 1 aliphatic rings. The van der Waals surface area contributed by atoms with E-state index in [9.17, 15) is 9.59 Å². The van der Waals surface area contributed by atoms with E-state index in [1.54, 1.807) is 12.1 Å². The molecular weight excluding hydrogens is 441 g/mol. The van der Waals surface area contributed by atoms with Crippen LogP contribution in [0.25, 0.3) is 0 Å². The normalized spacial score (nSPS) is 14.4. The van der Waals surface area contributed by atoms with Crippen LogP contribution in [0.2, 0.25) is 13.3 Å². The van der Waals surface area contributed by atoms with Gasteiger partial charge in [-0.1, -0.05) is 0 Å². The molecule has 0 radical (unpaired) electrons. The van der Waals surface area contributed by atoms with E-state index >= 15 is 0 Å². The number of imide groups is 1. The molecule has 0 aromatic heterocycles. The van der Waals surface area contributed by atoms with Crippen molar-refractivity contribution in [2.75, 3.05) is 6.54 Å². The van der Waals surface area contributed by atoms with Crippen LogP contribution >= 0.6 is 0 Å². The zero-order valence-electron chi connectivity index (χ0n) is 17.3. The van der Waals surface area contributed by atoms with Crippen molar-refractivity contribution in [2.24, 2.45) is 0 Å². The van der Waals surface area contributed by atoms with Crippen molar-refractivity contribution in [3.63, 3.8) is 0 Å². The van der Waals surface area contributed by atoms with Crippen molar-refractivity contribution in [1.82, 2.24) is 4.90 Å². The van der Waals surface area contributed by atoms with E-state index in [2.05, 4.69) is 30.9 Å². The van der Waals surface area contributed by atoms with Gasteiger partial charge in [-0.2, -0.15) is 0 Å². The van der Waals surface area contributed by atoms with Gasteiger partial charge in [0.1, 0.15) is 0 Å². The van der Waals surface area contributed by atoms with Gasteiger partial charge < -0.3 is 0 Å². The summed E-state index contributed by atoms with van der Waals surface area (Å²) in [7, 11) is 0. The van der Waals surface area contributed by atoms with Crippen LogP contribution in [0.5, 0.6) is 0 Å². The fraction of sp³-hybridized carbons (Fsp3) is 0.565. The Kier molecular flexibility index (Phi) is 9.07. The van der Waals surface area contributed by atoms with E-state index in [0.717, 1.165) is 0 Å². The van der Waals surface area contributed by atoms with Crippen LogP contribution in [0, 0.1) is 0 Å². The van der Waals surface area contributed by atoms with Crippen LogP contribution in [-0.4, -0.2) is 41.6 Å². The van der Waals surface area contributed by atoms with Gasteiger partial charge in [0.25, 0.3) is 0 Å². The van der Waals surface area contributed by atoms with Gasteiger partial charge in [-0.15, -0.1) is 0 Å². The molecule has 0 saturated heterocycles. The Bertz CT molecular complexity index is 611. The fourth-order valence-electron chi connectivity index (χ4n) is 4.02. The van der Waals surface area contributed by atoms with Crippen LogP contribution in [0.1, 0.15) is 80.0 Å². The summed E-state index contributed by atoms with van der Waals surface area (Å²) in [4.78, 5) is 26.5. The van der Waals surface area contributed by atoms with E-state index in [4.69, 9.17) is 0 Å². The zero-order valence-corrected chi connectivity index (χ0v) is 20.2. The topological polar surface area (TPSA) is 37.4 Å². The average molecular weight is 476 g/mol. The molecule has 27 heavy (non-hydrogen) atoms. The van der Waals surface area contributed by atoms with Gasteiger partial charge in [-0.3, -0.25) is 0 Å². The minimum absolute atomic E-state index is 0.142. The molecular formula is C23H35NO2Sn. The zero-order chi connectivity index (χ0) is 19.7. The van der Waals surface area contributed by atoms with E-state index in [-0.39, 0.29) is 11.8 Å². The molecule has 4 heteroatoms. The molecule has 2 rings (SSSR count). The summed E-state index contributed by atoms with van der Waals surface area (Å²) in [5.41, 5.74) is 1.10. The van der Waals surface area contributed by atoms with Gasteiger partial charge in [-0.05, 0) is 0 Å². The van der Waals surface area contributed by atoms with Crippen molar-refractivity contribution in [2.45, 2.75) is 72.6 Å². The third kappa shape index (κ3) is 5.69. The van der Waals surface area contributed by atoms with Gasteiger partial charge in [0, 0.05) is 0 Å². The quantitative estimate of drug-likeness (QED) is 0.265. The second kappa shape index (κ2) is 11.0. The van der Waals surface area contributed by atoms with Crippen LogP contribution in [0.15, 0.2) is 34.4 Å². The van der Waals surface area contributed by atoms with E-state index < -0.39 is 18.4 Å². The third-order valence-electron chi connectivity index (χ3n) is 5.72. The Labute approximate surface area is 169 Å². The number of benzene rings is 1. The number of hydrogen-bond donors (Lipinski definition) is 0. The van der Waals surface area contributed by atoms with Crippen LogP contribution < -0.4 is 0 Å². The summed E-state index contributed by atoms with van der Waals surface area (Å²) in [5, 5.41) is 0. The molecule has 0 bridgehead atoms. The number of carbonyl (C=O) groups excluding carboxylic acids is 2. The molecule has 2 amide bonds. The Morgan fingerprint density at radius 3 is 1.67 bits per heavy atom. The van der Waals surface area contributed by atoms with Crippen molar-refractivity contribution in [3.05, 3.63) is 45.6 Å². The summed E-state index contributed by atoms with van der Waals surface area (Å²) in [6, 6.07) is 7.16. The molecule has 0 aliphatic carbocycles. The molecule has 0 unspecified atom stereocenters. The van der Waals surface area contributed by atoms with Crippen molar-refractivity contribution in [1.29, 1.82) is 0 Å². The number of nitrogens with zero attached hydrogens (tertiary/aromatic N) is 1. The predicted octanol–water partition coefficient (Wildman–Crippen LogP) is 6.23. The Morgan fingerprint density at radius 2 is 1.26 bits per heavy atom. The molecule has 3 nitrogen and oxygen atoms in total. The first-order valence-corrected chi connectivity index (χ1v) is 18.4. The van der Waals surface area contributed by atoms with Gasteiger partial charge >= 0.3 is 169 Å². The standard InChI is InChI=1S/C11H8NO2.3C4H9.Sn/c1-2-7-12-10(13)8-5-3-4-6-9(8)11(12)14;3*1-3-4-2;/h1-6H,7H2;3*1,3-4H2,2H3;. The van der Waals surface area contributed by atoms with Gasteiger partial charge in [0.15, 0.2) is 0 Å². The number of hydrogen-bond acceptors (Lipinski definition) is 2. The summed E-state index contributed by atoms with van der Waals surface area (Å²) < 4.78 is 6.76. The molecule has 0 saturated carbocycles. The van der Waals surface area contributed by atoms with Gasteiger partial charge in [0.05, 0.1) is 0 Å².